The molecular weight excluding hydrogens is 421 g/mol. The van der Waals surface area contributed by atoms with Gasteiger partial charge in [-0.3, -0.25) is 0 Å². The fraction of sp³-hybridized carbons (Fsp3) is 0.375. The van der Waals surface area contributed by atoms with Crippen LogP contribution in [0.2, 0.25) is 0 Å². The van der Waals surface area contributed by atoms with Crippen LogP contribution in [0.25, 0.3) is 0 Å². The Labute approximate surface area is 159 Å². The average molecular weight is 445 g/mol. The van der Waals surface area contributed by atoms with Crippen molar-refractivity contribution in [1.82, 2.24) is 9.78 Å². The van der Waals surface area contributed by atoms with Crippen molar-refractivity contribution < 1.29 is 9.47 Å². The van der Waals surface area contributed by atoms with Crippen LogP contribution < -0.4 is 20.5 Å². The summed E-state index contributed by atoms with van der Waals surface area (Å²) in [6.07, 6.45) is 0.811. The number of nitrogens with one attached hydrogen (secondary N) is 1. The van der Waals surface area contributed by atoms with Gasteiger partial charge in [0.05, 0.1) is 32.0 Å². The molecule has 24 heavy (non-hydrogen) atoms. The highest BCUT2D eigenvalue weighted by Gasteiger charge is 2.15. The second-order valence-corrected chi connectivity index (χ2v) is 4.97. The largest absolute Gasteiger partial charge is 0.497 e. The molecule has 0 saturated heterocycles. The first kappa shape index (κ1) is 20.1. The van der Waals surface area contributed by atoms with Crippen molar-refractivity contribution in [2.45, 2.75) is 19.9 Å². The molecule has 2 aromatic rings. The van der Waals surface area contributed by atoms with Gasteiger partial charge in [0.15, 0.2) is 5.96 Å². The summed E-state index contributed by atoms with van der Waals surface area (Å²) in [5.41, 5.74) is 8.70. The van der Waals surface area contributed by atoms with Crippen molar-refractivity contribution in [2.24, 2.45) is 17.8 Å². The van der Waals surface area contributed by atoms with E-state index in [1.807, 2.05) is 38.2 Å². The van der Waals surface area contributed by atoms with Gasteiger partial charge in [-0.1, -0.05) is 13.0 Å². The van der Waals surface area contributed by atoms with Crippen LogP contribution in [0.5, 0.6) is 11.6 Å². The van der Waals surface area contributed by atoms with Gasteiger partial charge in [-0.2, -0.15) is 5.10 Å². The summed E-state index contributed by atoms with van der Waals surface area (Å²) < 4.78 is 12.3. The number of ether oxygens (including phenoxy) is 2. The van der Waals surface area contributed by atoms with Gasteiger partial charge in [-0.05, 0) is 18.6 Å². The number of aliphatic imine (C=N–C) groups is 1. The van der Waals surface area contributed by atoms with Crippen LogP contribution in [0.3, 0.4) is 0 Å². The number of nitrogens with zero attached hydrogens (tertiary/aromatic N) is 3. The van der Waals surface area contributed by atoms with Crippen LogP contribution in [0.15, 0.2) is 29.3 Å². The fourth-order valence-electron chi connectivity index (χ4n) is 2.36. The molecule has 0 saturated carbocycles. The molecule has 7 nitrogen and oxygen atoms in total. The second kappa shape index (κ2) is 9.36. The Morgan fingerprint density at radius 2 is 2.08 bits per heavy atom. The molecule has 0 aliphatic heterocycles. The summed E-state index contributed by atoms with van der Waals surface area (Å²) in [4.78, 5) is 4.38. The minimum absolute atomic E-state index is 0. The van der Waals surface area contributed by atoms with Crippen molar-refractivity contribution in [1.29, 1.82) is 0 Å². The van der Waals surface area contributed by atoms with E-state index in [1.165, 1.54) is 0 Å². The number of nitrogens with two attached hydrogens (primary N) is 1. The number of hydrogen-bond donors (Lipinski definition) is 2. The Morgan fingerprint density at radius 1 is 1.33 bits per heavy atom. The van der Waals surface area contributed by atoms with Crippen LogP contribution in [-0.2, 0) is 20.0 Å². The average Bonchev–Trinajstić information content (AvgIpc) is 2.87. The first-order valence-electron chi connectivity index (χ1n) is 7.38. The van der Waals surface area contributed by atoms with E-state index in [1.54, 1.807) is 18.9 Å². The quantitative estimate of drug-likeness (QED) is 0.406. The van der Waals surface area contributed by atoms with E-state index in [-0.39, 0.29) is 24.0 Å². The first-order chi connectivity index (χ1) is 11.1. The highest BCUT2D eigenvalue weighted by molar-refractivity contribution is 14.0. The third-order valence-electron chi connectivity index (χ3n) is 3.45. The molecule has 132 valence electrons. The van der Waals surface area contributed by atoms with Crippen LogP contribution in [0, 0.1) is 0 Å². The number of benzene rings is 1. The van der Waals surface area contributed by atoms with E-state index in [9.17, 15) is 0 Å². The predicted molar refractivity (Wildman–Crippen MR) is 106 cm³/mol. The maximum absolute atomic E-state index is 5.96. The third kappa shape index (κ3) is 4.76. The van der Waals surface area contributed by atoms with Crippen molar-refractivity contribution >= 4 is 35.6 Å². The molecular formula is C16H24IN5O2. The van der Waals surface area contributed by atoms with E-state index in [4.69, 9.17) is 15.2 Å². The topological polar surface area (TPSA) is 86.7 Å². The number of halogens is 1. The lowest BCUT2D eigenvalue weighted by molar-refractivity contribution is 0.369. The van der Waals surface area contributed by atoms with Gasteiger partial charge in [-0.15, -0.1) is 24.0 Å². The molecule has 0 atom stereocenters. The molecule has 0 fully saturated rings. The lowest BCUT2D eigenvalue weighted by atomic mass is 10.2. The maximum atomic E-state index is 5.96. The number of methoxy groups -OCH3 is 2. The zero-order valence-electron chi connectivity index (χ0n) is 14.4. The second-order valence-electron chi connectivity index (χ2n) is 4.97. The number of hydrogen-bond acceptors (Lipinski definition) is 4. The van der Waals surface area contributed by atoms with Gasteiger partial charge in [0.1, 0.15) is 5.75 Å². The fourth-order valence-corrected chi connectivity index (χ4v) is 2.36. The standard InChI is InChI=1S/C16H23N5O2.HI/c1-5-14-13(15(23-4)21(2)20-14)10-18-16(17)19-11-7-6-8-12(9-11)22-3;/h6-9H,5,10H2,1-4H3,(H3,17,18,19);1H. The van der Waals surface area contributed by atoms with Crippen LogP contribution >= 0.6 is 24.0 Å². The number of rotatable bonds is 6. The molecule has 1 aromatic heterocycles. The monoisotopic (exact) mass is 445 g/mol. The van der Waals surface area contributed by atoms with E-state index in [2.05, 4.69) is 15.4 Å². The predicted octanol–water partition coefficient (Wildman–Crippen LogP) is 2.54. The molecule has 0 bridgehead atoms. The highest BCUT2D eigenvalue weighted by Crippen LogP contribution is 2.23. The molecule has 3 N–H and O–H groups in total. The Balaban J connectivity index is 0.00000288. The van der Waals surface area contributed by atoms with Crippen LogP contribution in [0.1, 0.15) is 18.2 Å². The van der Waals surface area contributed by atoms with E-state index in [0.717, 1.165) is 29.1 Å². The Hall–Kier alpha value is -1.97. The molecule has 0 amide bonds. The molecule has 0 radical (unpaired) electrons. The lowest BCUT2D eigenvalue weighted by Crippen LogP contribution is -2.22. The lowest BCUT2D eigenvalue weighted by Gasteiger charge is -2.08. The molecule has 1 heterocycles. The molecule has 0 aliphatic rings. The summed E-state index contributed by atoms with van der Waals surface area (Å²) in [5, 5.41) is 7.48. The smallest absolute Gasteiger partial charge is 0.216 e. The van der Waals surface area contributed by atoms with Gasteiger partial charge < -0.3 is 20.5 Å². The van der Waals surface area contributed by atoms with Crippen molar-refractivity contribution in [2.75, 3.05) is 19.5 Å². The normalized spacial score (nSPS) is 10.9. The number of aryl methyl sites for hydroxylation is 2. The van der Waals surface area contributed by atoms with Crippen molar-refractivity contribution in [3.8, 4) is 11.6 Å². The zero-order valence-corrected chi connectivity index (χ0v) is 16.7. The van der Waals surface area contributed by atoms with Gasteiger partial charge >= 0.3 is 0 Å². The summed E-state index contributed by atoms with van der Waals surface area (Å²) in [7, 11) is 5.10. The molecule has 1 aromatic carbocycles. The summed E-state index contributed by atoms with van der Waals surface area (Å²) >= 11 is 0. The number of anilines is 1. The maximum Gasteiger partial charge on any atom is 0.216 e. The Morgan fingerprint density at radius 3 is 2.71 bits per heavy atom. The highest BCUT2D eigenvalue weighted by atomic mass is 127. The minimum Gasteiger partial charge on any atom is -0.497 e. The molecule has 0 aliphatic carbocycles. The van der Waals surface area contributed by atoms with Gasteiger partial charge in [0.2, 0.25) is 5.88 Å². The molecule has 0 spiro atoms. The molecule has 2 rings (SSSR count). The van der Waals surface area contributed by atoms with E-state index in [0.29, 0.717) is 18.4 Å². The number of aromatic nitrogens is 2. The first-order valence-corrected chi connectivity index (χ1v) is 7.38. The third-order valence-corrected chi connectivity index (χ3v) is 3.45. The summed E-state index contributed by atoms with van der Waals surface area (Å²) in [5.74, 6) is 1.79. The Bertz CT molecular complexity index is 700. The minimum atomic E-state index is 0. The van der Waals surface area contributed by atoms with Crippen LogP contribution in [0.4, 0.5) is 5.69 Å². The van der Waals surface area contributed by atoms with Crippen molar-refractivity contribution in [3.05, 3.63) is 35.5 Å². The van der Waals surface area contributed by atoms with Gasteiger partial charge in [-0.25, -0.2) is 9.67 Å². The Kier molecular flexibility index (Phi) is 7.83. The number of guanidine groups is 1. The van der Waals surface area contributed by atoms with Gasteiger partial charge in [0.25, 0.3) is 0 Å². The van der Waals surface area contributed by atoms with E-state index < -0.39 is 0 Å². The molecule has 0 unspecified atom stereocenters. The molecule has 8 heteroatoms. The van der Waals surface area contributed by atoms with Crippen molar-refractivity contribution in [3.63, 3.8) is 0 Å². The van der Waals surface area contributed by atoms with E-state index >= 15 is 0 Å². The van der Waals surface area contributed by atoms with Gasteiger partial charge in [0, 0.05) is 18.8 Å². The van der Waals surface area contributed by atoms with Crippen LogP contribution in [-0.4, -0.2) is 30.0 Å². The zero-order chi connectivity index (χ0) is 16.8. The summed E-state index contributed by atoms with van der Waals surface area (Å²) in [6, 6.07) is 7.50. The SMILES string of the molecule is CCc1nn(C)c(OC)c1CN=C(N)Nc1cccc(OC)c1.I. The summed E-state index contributed by atoms with van der Waals surface area (Å²) in [6.45, 7) is 2.45.